The van der Waals surface area contributed by atoms with Gasteiger partial charge in [0, 0.05) is 41.9 Å². The highest BCUT2D eigenvalue weighted by Gasteiger charge is 2.37. The SMILES string of the molecule is Cc1nc2nc(C3CC(c4cnn(C5CC5)c4)C(=O)N(C)C3)nc(-c3ccc(Cl)cc3F)c2nc1C. The van der Waals surface area contributed by atoms with E-state index in [1.54, 1.807) is 30.3 Å². The number of piperidine rings is 1. The monoisotopic (exact) mass is 505 g/mol. The van der Waals surface area contributed by atoms with Gasteiger partial charge in [0.2, 0.25) is 5.91 Å². The van der Waals surface area contributed by atoms with Crippen LogP contribution in [0.2, 0.25) is 5.02 Å². The lowest BCUT2D eigenvalue weighted by molar-refractivity contribution is -0.134. The van der Waals surface area contributed by atoms with Gasteiger partial charge in [0.1, 0.15) is 22.9 Å². The number of likely N-dealkylation sites (tertiary alicyclic amines) is 1. The number of carbonyl (C=O) groups is 1. The molecule has 1 aromatic carbocycles. The lowest BCUT2D eigenvalue weighted by atomic mass is 9.84. The molecule has 2 unspecified atom stereocenters. The molecule has 10 heteroatoms. The van der Waals surface area contributed by atoms with E-state index < -0.39 is 5.82 Å². The molecule has 1 amide bonds. The van der Waals surface area contributed by atoms with Crippen LogP contribution in [0.15, 0.2) is 30.6 Å². The second-order valence-electron chi connectivity index (χ2n) is 9.81. The van der Waals surface area contributed by atoms with Crippen LogP contribution in [0.3, 0.4) is 0 Å². The fourth-order valence-electron chi connectivity index (χ4n) is 4.86. The van der Waals surface area contributed by atoms with Crippen molar-refractivity contribution in [3.63, 3.8) is 0 Å². The number of carbonyl (C=O) groups excluding carboxylic acids is 1. The summed E-state index contributed by atoms with van der Waals surface area (Å²) in [5.41, 5.74) is 3.88. The van der Waals surface area contributed by atoms with Crippen molar-refractivity contribution in [2.24, 2.45) is 0 Å². The Morgan fingerprint density at radius 1 is 1.08 bits per heavy atom. The lowest BCUT2D eigenvalue weighted by Gasteiger charge is -2.34. The van der Waals surface area contributed by atoms with Crippen molar-refractivity contribution in [1.29, 1.82) is 0 Å². The number of hydrogen-bond acceptors (Lipinski definition) is 6. The first-order valence-corrected chi connectivity index (χ1v) is 12.4. The summed E-state index contributed by atoms with van der Waals surface area (Å²) in [5, 5.41) is 4.78. The van der Waals surface area contributed by atoms with Crippen molar-refractivity contribution >= 4 is 28.7 Å². The van der Waals surface area contributed by atoms with Crippen LogP contribution in [0.5, 0.6) is 0 Å². The second-order valence-corrected chi connectivity index (χ2v) is 10.2. The number of hydrogen-bond donors (Lipinski definition) is 0. The number of likely N-dealkylation sites (N-methyl/N-ethyl adjacent to an activating group) is 1. The van der Waals surface area contributed by atoms with Crippen molar-refractivity contribution < 1.29 is 9.18 Å². The summed E-state index contributed by atoms with van der Waals surface area (Å²) in [6.07, 6.45) is 6.56. The summed E-state index contributed by atoms with van der Waals surface area (Å²) < 4.78 is 17.0. The molecule has 1 aliphatic carbocycles. The second kappa shape index (κ2) is 8.58. The number of fused-ring (bicyclic) bond motifs is 1. The fraction of sp³-hybridized carbons (Fsp3) is 0.385. The van der Waals surface area contributed by atoms with Crippen LogP contribution in [0.25, 0.3) is 22.4 Å². The topological polar surface area (TPSA) is 89.7 Å². The first kappa shape index (κ1) is 23.0. The number of aryl methyl sites for hydroxylation is 2. The zero-order chi connectivity index (χ0) is 25.1. The molecule has 8 nitrogen and oxygen atoms in total. The summed E-state index contributed by atoms with van der Waals surface area (Å²) in [6, 6.07) is 4.94. The molecule has 1 saturated heterocycles. The summed E-state index contributed by atoms with van der Waals surface area (Å²) in [5.74, 6) is -0.429. The zero-order valence-electron chi connectivity index (χ0n) is 20.2. The Hall–Kier alpha value is -3.46. The number of nitrogens with zero attached hydrogens (tertiary/aromatic N) is 7. The van der Waals surface area contributed by atoms with E-state index in [9.17, 15) is 4.79 Å². The predicted molar refractivity (Wildman–Crippen MR) is 133 cm³/mol. The van der Waals surface area contributed by atoms with Gasteiger partial charge in [-0.25, -0.2) is 24.3 Å². The van der Waals surface area contributed by atoms with Gasteiger partial charge in [-0.1, -0.05) is 11.6 Å². The quantitative estimate of drug-likeness (QED) is 0.397. The normalized spacial score (nSPS) is 20.4. The van der Waals surface area contributed by atoms with Gasteiger partial charge in [-0.15, -0.1) is 0 Å². The number of amides is 1. The molecule has 3 aromatic heterocycles. The van der Waals surface area contributed by atoms with Crippen molar-refractivity contribution in [3.05, 3.63) is 64.2 Å². The van der Waals surface area contributed by atoms with Crippen LogP contribution in [0.1, 0.15) is 59.9 Å². The Morgan fingerprint density at radius 2 is 1.86 bits per heavy atom. The highest BCUT2D eigenvalue weighted by Crippen LogP contribution is 2.39. The van der Waals surface area contributed by atoms with Crippen LogP contribution < -0.4 is 0 Å². The Balaban J connectivity index is 1.45. The molecule has 2 aliphatic rings. The molecule has 0 radical (unpaired) electrons. The number of halogens is 2. The number of aromatic nitrogens is 6. The van der Waals surface area contributed by atoms with E-state index in [0.29, 0.717) is 46.7 Å². The molecule has 2 fully saturated rings. The van der Waals surface area contributed by atoms with Crippen LogP contribution in [0, 0.1) is 19.7 Å². The highest BCUT2D eigenvalue weighted by molar-refractivity contribution is 6.30. The predicted octanol–water partition coefficient (Wildman–Crippen LogP) is 4.76. The molecule has 4 aromatic rings. The average Bonchev–Trinajstić information content (AvgIpc) is 3.58. The van der Waals surface area contributed by atoms with Crippen molar-refractivity contribution in [3.8, 4) is 11.3 Å². The molecule has 6 rings (SSSR count). The van der Waals surface area contributed by atoms with E-state index >= 15 is 4.39 Å². The molecule has 184 valence electrons. The molecule has 2 atom stereocenters. The van der Waals surface area contributed by atoms with Crippen molar-refractivity contribution in [2.45, 2.75) is 51.0 Å². The van der Waals surface area contributed by atoms with E-state index in [2.05, 4.69) is 15.1 Å². The van der Waals surface area contributed by atoms with Gasteiger partial charge in [-0.3, -0.25) is 9.48 Å². The minimum absolute atomic E-state index is 0.0533. The number of benzene rings is 1. The van der Waals surface area contributed by atoms with Gasteiger partial charge < -0.3 is 4.90 Å². The van der Waals surface area contributed by atoms with Gasteiger partial charge in [0.05, 0.1) is 29.5 Å². The molecular weight excluding hydrogens is 481 g/mol. The Bertz CT molecular complexity index is 1520. The minimum atomic E-state index is -0.491. The first-order chi connectivity index (χ1) is 17.3. The van der Waals surface area contributed by atoms with Gasteiger partial charge >= 0.3 is 0 Å². The molecule has 0 N–H and O–H groups in total. The van der Waals surface area contributed by atoms with E-state index in [1.165, 1.54) is 6.07 Å². The Kier molecular flexibility index (Phi) is 5.48. The molecule has 0 spiro atoms. The summed E-state index contributed by atoms with van der Waals surface area (Å²) >= 11 is 6.01. The molecular formula is C26H25ClFN7O. The molecule has 0 bridgehead atoms. The van der Waals surface area contributed by atoms with E-state index in [1.807, 2.05) is 24.7 Å². The van der Waals surface area contributed by atoms with Crippen LogP contribution in [-0.2, 0) is 4.79 Å². The third-order valence-electron chi connectivity index (χ3n) is 7.14. The van der Waals surface area contributed by atoms with Crippen molar-refractivity contribution in [2.75, 3.05) is 13.6 Å². The highest BCUT2D eigenvalue weighted by atomic mass is 35.5. The summed E-state index contributed by atoms with van der Waals surface area (Å²) in [4.78, 5) is 33.7. The first-order valence-electron chi connectivity index (χ1n) is 12.1. The summed E-state index contributed by atoms with van der Waals surface area (Å²) in [7, 11) is 1.79. The van der Waals surface area contributed by atoms with Gasteiger partial charge in [0.25, 0.3) is 0 Å². The van der Waals surface area contributed by atoms with Crippen LogP contribution >= 0.6 is 11.6 Å². The lowest BCUT2D eigenvalue weighted by Crippen LogP contribution is -2.41. The van der Waals surface area contributed by atoms with Crippen molar-refractivity contribution in [1.82, 2.24) is 34.6 Å². The maximum atomic E-state index is 15.0. The Morgan fingerprint density at radius 3 is 2.61 bits per heavy atom. The smallest absolute Gasteiger partial charge is 0.230 e. The van der Waals surface area contributed by atoms with E-state index in [4.69, 9.17) is 21.6 Å². The minimum Gasteiger partial charge on any atom is -0.344 e. The number of rotatable bonds is 4. The molecule has 36 heavy (non-hydrogen) atoms. The zero-order valence-corrected chi connectivity index (χ0v) is 21.0. The average molecular weight is 506 g/mol. The maximum Gasteiger partial charge on any atom is 0.230 e. The summed E-state index contributed by atoms with van der Waals surface area (Å²) in [6.45, 7) is 4.18. The van der Waals surface area contributed by atoms with E-state index in [0.717, 1.165) is 29.8 Å². The standard InChI is InChI=1S/C26H25ClFN7O/c1-13-14(2)31-25-23(30-13)22(19-7-4-17(27)9-21(19)28)32-24(33-25)15-8-20(26(36)34(3)11-15)16-10-29-35(12-16)18-5-6-18/h4,7,9-10,12,15,18,20H,5-6,8,11H2,1-3H3. The third kappa shape index (κ3) is 4.01. The molecule has 4 heterocycles. The maximum absolute atomic E-state index is 15.0. The third-order valence-corrected chi connectivity index (χ3v) is 7.38. The molecule has 1 aliphatic heterocycles. The van der Waals surface area contributed by atoms with Gasteiger partial charge in [-0.05, 0) is 51.3 Å². The van der Waals surface area contributed by atoms with Crippen LogP contribution in [0.4, 0.5) is 4.39 Å². The fourth-order valence-corrected chi connectivity index (χ4v) is 5.02. The van der Waals surface area contributed by atoms with Gasteiger partial charge in [-0.2, -0.15) is 5.10 Å². The Labute approximate surface area is 212 Å². The van der Waals surface area contributed by atoms with Gasteiger partial charge in [0.15, 0.2) is 5.65 Å². The molecule has 1 saturated carbocycles. The van der Waals surface area contributed by atoms with E-state index in [-0.39, 0.29) is 23.3 Å². The van der Waals surface area contributed by atoms with Crippen LogP contribution in [-0.4, -0.2) is 54.1 Å². The largest absolute Gasteiger partial charge is 0.344 e.